The number of aliphatic imine (C=N–C) groups is 1. The van der Waals surface area contributed by atoms with Gasteiger partial charge in [0, 0.05) is 40.2 Å². The normalized spacial score (nSPS) is 12.0. The minimum Gasteiger partial charge on any atom is -0.356 e. The molecule has 31 heavy (non-hydrogen) atoms. The topological polar surface area (TPSA) is 87.4 Å². The number of guanidine groups is 1. The molecule has 1 amide bonds. The molecule has 0 unspecified atom stereocenters. The average molecular weight is 439 g/mol. The van der Waals surface area contributed by atoms with Crippen LogP contribution in [0.3, 0.4) is 0 Å². The highest BCUT2D eigenvalue weighted by molar-refractivity contribution is 5.84. The fourth-order valence-electron chi connectivity index (χ4n) is 2.68. The Bertz CT molecular complexity index is 860. The Kier molecular flexibility index (Phi) is 8.83. The lowest BCUT2D eigenvalue weighted by molar-refractivity contribution is -0.137. The Morgan fingerprint density at radius 2 is 1.84 bits per heavy atom. The van der Waals surface area contributed by atoms with Crippen LogP contribution in [0.5, 0.6) is 0 Å². The van der Waals surface area contributed by atoms with Gasteiger partial charge in [0.1, 0.15) is 18.7 Å². The van der Waals surface area contributed by atoms with Crippen molar-refractivity contribution in [3.05, 3.63) is 47.5 Å². The number of rotatable bonds is 9. The van der Waals surface area contributed by atoms with Crippen molar-refractivity contribution in [2.75, 3.05) is 33.7 Å². The monoisotopic (exact) mass is 439 g/mol. The van der Waals surface area contributed by atoms with Gasteiger partial charge in [-0.2, -0.15) is 13.2 Å². The number of carbonyl (C=O) groups excluding carboxylic acids is 1. The lowest BCUT2D eigenvalue weighted by Gasteiger charge is -2.14. The van der Waals surface area contributed by atoms with Gasteiger partial charge in [-0.15, -0.1) is 10.2 Å². The Morgan fingerprint density at radius 3 is 2.45 bits per heavy atom. The smallest absolute Gasteiger partial charge is 0.356 e. The largest absolute Gasteiger partial charge is 0.416 e. The van der Waals surface area contributed by atoms with Gasteiger partial charge in [0.15, 0.2) is 5.96 Å². The van der Waals surface area contributed by atoms with Gasteiger partial charge in [0.25, 0.3) is 0 Å². The molecule has 0 aliphatic rings. The zero-order chi connectivity index (χ0) is 22.9. The first-order chi connectivity index (χ1) is 14.7. The molecule has 2 aromatic rings. The second-order valence-electron chi connectivity index (χ2n) is 7.05. The van der Waals surface area contributed by atoms with Crippen LogP contribution in [0.4, 0.5) is 13.2 Å². The van der Waals surface area contributed by atoms with E-state index in [9.17, 15) is 18.0 Å². The van der Waals surface area contributed by atoms with Crippen LogP contribution in [0.2, 0.25) is 0 Å². The molecule has 1 aromatic carbocycles. The number of aryl methyl sites for hydroxylation is 1. The lowest BCUT2D eigenvalue weighted by Crippen LogP contribution is -2.40. The second-order valence-corrected chi connectivity index (χ2v) is 7.05. The van der Waals surface area contributed by atoms with E-state index in [1.54, 1.807) is 20.4 Å². The number of hydrogen-bond acceptors (Lipinski definition) is 4. The van der Waals surface area contributed by atoms with Crippen LogP contribution in [0.1, 0.15) is 23.9 Å². The first-order valence-corrected chi connectivity index (χ1v) is 9.96. The maximum Gasteiger partial charge on any atom is 0.416 e. The third kappa shape index (κ3) is 7.91. The molecule has 2 N–H and O–H groups in total. The summed E-state index contributed by atoms with van der Waals surface area (Å²) in [7, 11) is 3.31. The number of likely N-dealkylation sites (N-methyl/N-ethyl adjacent to an activating group) is 1. The molecule has 8 nitrogen and oxygen atoms in total. The van der Waals surface area contributed by atoms with E-state index in [0.29, 0.717) is 32.0 Å². The summed E-state index contributed by atoms with van der Waals surface area (Å²) in [5.41, 5.74) is 0.0945. The molecule has 0 bridgehead atoms. The number of halogens is 3. The second kappa shape index (κ2) is 11.3. The van der Waals surface area contributed by atoms with E-state index in [1.165, 1.54) is 17.0 Å². The quantitative estimate of drug-likeness (QED) is 0.459. The maximum absolute atomic E-state index is 12.7. The van der Waals surface area contributed by atoms with Gasteiger partial charge >= 0.3 is 6.18 Å². The van der Waals surface area contributed by atoms with Crippen molar-refractivity contribution in [2.24, 2.45) is 4.99 Å². The summed E-state index contributed by atoms with van der Waals surface area (Å²) in [6.07, 6.45) is -1.41. The van der Waals surface area contributed by atoms with E-state index in [2.05, 4.69) is 25.8 Å². The number of nitrogens with zero attached hydrogens (tertiary/aromatic N) is 5. The zero-order valence-corrected chi connectivity index (χ0v) is 17.9. The van der Waals surface area contributed by atoms with Crippen LogP contribution >= 0.6 is 0 Å². The van der Waals surface area contributed by atoms with Crippen molar-refractivity contribution in [1.29, 1.82) is 0 Å². The molecule has 0 saturated heterocycles. The van der Waals surface area contributed by atoms with E-state index >= 15 is 0 Å². The van der Waals surface area contributed by atoms with Gasteiger partial charge in [0.05, 0.1) is 5.56 Å². The van der Waals surface area contributed by atoms with Gasteiger partial charge in [0.2, 0.25) is 5.91 Å². The predicted octanol–water partition coefficient (Wildman–Crippen LogP) is 1.73. The Balaban J connectivity index is 1.91. The fourth-order valence-corrected chi connectivity index (χ4v) is 2.68. The molecule has 2 rings (SSSR count). The highest BCUT2D eigenvalue weighted by Crippen LogP contribution is 2.29. The number of nitrogens with one attached hydrogen (secondary N) is 2. The molecule has 0 aliphatic heterocycles. The molecule has 0 aliphatic carbocycles. The number of alkyl halides is 3. The van der Waals surface area contributed by atoms with Crippen molar-refractivity contribution >= 4 is 11.9 Å². The van der Waals surface area contributed by atoms with E-state index in [4.69, 9.17) is 0 Å². The first kappa shape index (κ1) is 24.2. The summed E-state index contributed by atoms with van der Waals surface area (Å²) in [6, 6.07) is 5.07. The van der Waals surface area contributed by atoms with Gasteiger partial charge in [-0.25, -0.2) is 4.99 Å². The lowest BCUT2D eigenvalue weighted by atomic mass is 10.1. The minimum atomic E-state index is -4.35. The molecule has 0 fully saturated rings. The first-order valence-electron chi connectivity index (χ1n) is 9.96. The van der Waals surface area contributed by atoms with Gasteiger partial charge in [-0.05, 0) is 24.1 Å². The summed E-state index contributed by atoms with van der Waals surface area (Å²) in [4.78, 5) is 17.6. The predicted molar refractivity (Wildman–Crippen MR) is 112 cm³/mol. The summed E-state index contributed by atoms with van der Waals surface area (Å²) >= 11 is 0. The van der Waals surface area contributed by atoms with Crippen LogP contribution in [0.25, 0.3) is 0 Å². The van der Waals surface area contributed by atoms with Crippen LogP contribution in [-0.2, 0) is 30.4 Å². The van der Waals surface area contributed by atoms with E-state index < -0.39 is 11.7 Å². The van der Waals surface area contributed by atoms with Crippen molar-refractivity contribution in [3.63, 3.8) is 0 Å². The summed E-state index contributed by atoms with van der Waals surface area (Å²) in [5, 5.41) is 14.2. The molecule has 1 aromatic heterocycles. The summed E-state index contributed by atoms with van der Waals surface area (Å²) in [6.45, 7) is 3.58. The Hall–Kier alpha value is -3.11. The van der Waals surface area contributed by atoms with E-state index in [-0.39, 0.29) is 12.5 Å². The third-order valence-electron chi connectivity index (χ3n) is 4.52. The average Bonchev–Trinajstić information content (AvgIpc) is 3.18. The highest BCUT2D eigenvalue weighted by atomic mass is 19.4. The third-order valence-corrected chi connectivity index (χ3v) is 4.52. The molecule has 0 saturated carbocycles. The Morgan fingerprint density at radius 1 is 1.16 bits per heavy atom. The van der Waals surface area contributed by atoms with Crippen LogP contribution < -0.4 is 10.6 Å². The van der Waals surface area contributed by atoms with Gasteiger partial charge in [-0.1, -0.05) is 19.1 Å². The highest BCUT2D eigenvalue weighted by Gasteiger charge is 2.29. The molecule has 0 radical (unpaired) electrons. The zero-order valence-electron chi connectivity index (χ0n) is 17.9. The molecule has 0 atom stereocenters. The van der Waals surface area contributed by atoms with Crippen molar-refractivity contribution in [3.8, 4) is 0 Å². The minimum absolute atomic E-state index is 0.0184. The van der Waals surface area contributed by atoms with E-state index in [0.717, 1.165) is 29.9 Å². The van der Waals surface area contributed by atoms with Gasteiger partial charge < -0.3 is 20.1 Å². The van der Waals surface area contributed by atoms with Crippen LogP contribution in [-0.4, -0.2) is 65.3 Å². The fraction of sp³-hybridized carbons (Fsp3) is 0.500. The summed E-state index contributed by atoms with van der Waals surface area (Å²) < 4.78 is 40.0. The summed E-state index contributed by atoms with van der Waals surface area (Å²) in [5.74, 6) is 1.18. The van der Waals surface area contributed by atoms with Crippen molar-refractivity contribution in [1.82, 2.24) is 30.3 Å². The number of hydrogen-bond donors (Lipinski definition) is 2. The van der Waals surface area contributed by atoms with Crippen molar-refractivity contribution < 1.29 is 18.0 Å². The van der Waals surface area contributed by atoms with Gasteiger partial charge in [-0.3, -0.25) is 4.79 Å². The number of carbonyl (C=O) groups is 1. The molecule has 11 heteroatoms. The van der Waals surface area contributed by atoms with Crippen molar-refractivity contribution in [2.45, 2.75) is 32.5 Å². The SMILES string of the molecule is CCc1nncn1CCNC(=NCC(=O)N(C)C)NCCc1ccc(C(F)(F)F)cc1. The number of benzene rings is 1. The number of aromatic nitrogens is 3. The standard InChI is InChI=1S/C20H28F3N7O/c1-4-17-28-27-14-30(17)12-11-25-19(26-13-18(31)29(2)3)24-10-9-15-5-7-16(8-6-15)20(21,22)23/h5-8,14H,4,9-13H2,1-3H3,(H2,24,25,26). The Labute approximate surface area is 179 Å². The van der Waals surface area contributed by atoms with E-state index in [1.807, 2.05) is 11.5 Å². The molecular weight excluding hydrogens is 411 g/mol. The molecule has 1 heterocycles. The van der Waals surface area contributed by atoms with Crippen LogP contribution in [0, 0.1) is 0 Å². The molecule has 170 valence electrons. The van der Waals surface area contributed by atoms with Crippen LogP contribution in [0.15, 0.2) is 35.6 Å². The number of amides is 1. The molecular formula is C20H28F3N7O. The molecule has 0 spiro atoms. The maximum atomic E-state index is 12.7.